The molecule has 3 unspecified atom stereocenters. The molecule has 0 radical (unpaired) electrons. The van der Waals surface area contributed by atoms with Crippen LogP contribution in [0, 0.1) is 5.92 Å². The van der Waals surface area contributed by atoms with Gasteiger partial charge in [0, 0.05) is 12.1 Å². The van der Waals surface area contributed by atoms with E-state index >= 15 is 0 Å². The Morgan fingerprint density at radius 3 is 2.68 bits per heavy atom. The molecular formula is C16H27NO2. The van der Waals surface area contributed by atoms with Crippen LogP contribution in [0.5, 0.6) is 0 Å². The highest BCUT2D eigenvalue weighted by Crippen LogP contribution is 2.27. The largest absolute Gasteiger partial charge is 0.467 e. The Morgan fingerprint density at radius 1 is 1.32 bits per heavy atom. The molecule has 3 heteroatoms. The Labute approximate surface area is 116 Å². The van der Waals surface area contributed by atoms with Crippen LogP contribution in [0.1, 0.15) is 64.2 Å². The van der Waals surface area contributed by atoms with Crippen LogP contribution in [0.2, 0.25) is 0 Å². The summed E-state index contributed by atoms with van der Waals surface area (Å²) in [7, 11) is 0. The van der Waals surface area contributed by atoms with E-state index in [0.29, 0.717) is 24.3 Å². The van der Waals surface area contributed by atoms with E-state index in [9.17, 15) is 5.11 Å². The first-order chi connectivity index (χ1) is 9.16. The van der Waals surface area contributed by atoms with Crippen molar-refractivity contribution in [3.63, 3.8) is 0 Å². The summed E-state index contributed by atoms with van der Waals surface area (Å²) < 4.78 is 5.24. The number of hydrogen-bond donors (Lipinski definition) is 2. The van der Waals surface area contributed by atoms with Crippen LogP contribution in [0.3, 0.4) is 0 Å². The predicted octanol–water partition coefficient (Wildman–Crippen LogP) is 3.65. The molecule has 3 nitrogen and oxygen atoms in total. The van der Waals surface area contributed by atoms with Gasteiger partial charge in [0.05, 0.1) is 6.26 Å². The number of rotatable bonds is 6. The lowest BCUT2D eigenvalue weighted by atomic mass is 9.84. The van der Waals surface area contributed by atoms with Crippen LogP contribution in [0.25, 0.3) is 0 Å². The van der Waals surface area contributed by atoms with Gasteiger partial charge < -0.3 is 14.8 Å². The Hall–Kier alpha value is -0.800. The van der Waals surface area contributed by atoms with Crippen molar-refractivity contribution >= 4 is 0 Å². The van der Waals surface area contributed by atoms with Gasteiger partial charge in [-0.3, -0.25) is 0 Å². The zero-order chi connectivity index (χ0) is 13.7. The van der Waals surface area contributed by atoms with E-state index in [-0.39, 0.29) is 0 Å². The number of hydrogen-bond acceptors (Lipinski definition) is 3. The van der Waals surface area contributed by atoms with Crippen molar-refractivity contribution in [2.45, 2.75) is 70.6 Å². The summed E-state index contributed by atoms with van der Waals surface area (Å²) in [4.78, 5) is 0. The summed E-state index contributed by atoms with van der Waals surface area (Å²) in [5.74, 6) is 1.47. The number of furan rings is 1. The summed E-state index contributed by atoms with van der Waals surface area (Å²) in [6.07, 6.45) is 8.65. The molecule has 0 spiro atoms. The van der Waals surface area contributed by atoms with E-state index in [1.807, 2.05) is 12.1 Å². The lowest BCUT2D eigenvalue weighted by molar-refractivity contribution is 0.123. The molecule has 1 aliphatic carbocycles. The van der Waals surface area contributed by atoms with Crippen molar-refractivity contribution in [2.75, 3.05) is 0 Å². The Morgan fingerprint density at radius 2 is 2.05 bits per heavy atom. The summed E-state index contributed by atoms with van der Waals surface area (Å²) >= 11 is 0. The molecule has 2 rings (SSSR count). The summed E-state index contributed by atoms with van der Waals surface area (Å²) in [6.45, 7) is 4.43. The van der Waals surface area contributed by atoms with E-state index in [0.717, 1.165) is 5.92 Å². The Bertz CT molecular complexity index is 344. The molecule has 0 bridgehead atoms. The van der Waals surface area contributed by atoms with Crippen molar-refractivity contribution < 1.29 is 9.52 Å². The maximum absolute atomic E-state index is 10.1. The summed E-state index contributed by atoms with van der Waals surface area (Å²) in [5.41, 5.74) is 0. The average molecular weight is 265 g/mol. The topological polar surface area (TPSA) is 45.4 Å². The highest BCUT2D eigenvalue weighted by molar-refractivity contribution is 5.02. The van der Waals surface area contributed by atoms with Gasteiger partial charge >= 0.3 is 0 Å². The zero-order valence-corrected chi connectivity index (χ0v) is 12.1. The molecule has 1 saturated carbocycles. The molecular weight excluding hydrogens is 238 g/mol. The zero-order valence-electron chi connectivity index (χ0n) is 12.1. The minimum Gasteiger partial charge on any atom is -0.467 e. The third-order valence-corrected chi connectivity index (χ3v) is 4.35. The average Bonchev–Trinajstić information content (AvgIpc) is 2.93. The van der Waals surface area contributed by atoms with Crippen molar-refractivity contribution in [1.82, 2.24) is 5.32 Å². The van der Waals surface area contributed by atoms with Gasteiger partial charge in [0.25, 0.3) is 0 Å². The lowest BCUT2D eigenvalue weighted by Gasteiger charge is -2.31. The van der Waals surface area contributed by atoms with Gasteiger partial charge in [-0.2, -0.15) is 0 Å². The highest BCUT2D eigenvalue weighted by atomic mass is 16.4. The molecule has 1 heterocycles. The van der Waals surface area contributed by atoms with Gasteiger partial charge in [0.15, 0.2) is 0 Å². The van der Waals surface area contributed by atoms with Crippen LogP contribution in [0.15, 0.2) is 22.8 Å². The smallest absolute Gasteiger partial charge is 0.132 e. The van der Waals surface area contributed by atoms with Gasteiger partial charge in [-0.25, -0.2) is 0 Å². The normalized spacial score (nSPS) is 22.1. The third kappa shape index (κ3) is 4.36. The van der Waals surface area contributed by atoms with Gasteiger partial charge in [0.2, 0.25) is 0 Å². The monoisotopic (exact) mass is 265 g/mol. The molecule has 108 valence electrons. The predicted molar refractivity (Wildman–Crippen MR) is 76.9 cm³/mol. The second-order valence-electron chi connectivity index (χ2n) is 6.02. The van der Waals surface area contributed by atoms with E-state index in [1.165, 1.54) is 32.1 Å². The maximum Gasteiger partial charge on any atom is 0.132 e. The molecule has 1 aromatic heterocycles. The molecule has 2 N–H and O–H groups in total. The van der Waals surface area contributed by atoms with Crippen molar-refractivity contribution in [3.8, 4) is 0 Å². The van der Waals surface area contributed by atoms with Gasteiger partial charge in [-0.05, 0) is 51.2 Å². The fourth-order valence-electron chi connectivity index (χ4n) is 3.22. The number of nitrogens with one attached hydrogen (secondary N) is 1. The number of aliphatic hydroxyl groups is 1. The Kier molecular flexibility index (Phi) is 5.46. The maximum atomic E-state index is 10.1. The summed E-state index contributed by atoms with van der Waals surface area (Å²) in [5, 5.41) is 13.7. The van der Waals surface area contributed by atoms with Crippen LogP contribution in [-0.4, -0.2) is 17.2 Å². The fraction of sp³-hybridized carbons (Fsp3) is 0.750. The van der Waals surface area contributed by atoms with Gasteiger partial charge in [-0.15, -0.1) is 0 Å². The first kappa shape index (κ1) is 14.6. The van der Waals surface area contributed by atoms with E-state index in [1.54, 1.807) is 6.26 Å². The Balaban J connectivity index is 1.75. The summed E-state index contributed by atoms with van der Waals surface area (Å²) in [6, 6.07) is 4.50. The molecule has 0 amide bonds. The quantitative estimate of drug-likeness (QED) is 0.825. The van der Waals surface area contributed by atoms with Crippen molar-refractivity contribution in [1.29, 1.82) is 0 Å². The van der Waals surface area contributed by atoms with E-state index in [2.05, 4.69) is 19.2 Å². The fourth-order valence-corrected chi connectivity index (χ4v) is 3.22. The molecule has 0 saturated heterocycles. The van der Waals surface area contributed by atoms with Crippen molar-refractivity contribution in [3.05, 3.63) is 24.2 Å². The molecule has 1 aliphatic rings. The molecule has 19 heavy (non-hydrogen) atoms. The highest BCUT2D eigenvalue weighted by Gasteiger charge is 2.22. The second kappa shape index (κ2) is 7.11. The SMILES string of the molecule is CC(CC(O)c1ccco1)NC(C)C1CCCCC1. The first-order valence-electron chi connectivity index (χ1n) is 7.64. The van der Waals surface area contributed by atoms with Crippen LogP contribution in [-0.2, 0) is 0 Å². The van der Waals surface area contributed by atoms with Crippen LogP contribution in [0.4, 0.5) is 0 Å². The second-order valence-corrected chi connectivity index (χ2v) is 6.02. The van der Waals surface area contributed by atoms with Crippen molar-refractivity contribution in [2.24, 2.45) is 5.92 Å². The van der Waals surface area contributed by atoms with Crippen LogP contribution < -0.4 is 5.32 Å². The van der Waals surface area contributed by atoms with Gasteiger partial charge in [0.1, 0.15) is 11.9 Å². The van der Waals surface area contributed by atoms with Crippen LogP contribution >= 0.6 is 0 Å². The molecule has 0 aliphatic heterocycles. The molecule has 3 atom stereocenters. The molecule has 1 aromatic rings. The van der Waals surface area contributed by atoms with E-state index in [4.69, 9.17) is 4.42 Å². The molecule has 1 fully saturated rings. The minimum atomic E-state index is -0.504. The minimum absolute atomic E-state index is 0.303. The number of aliphatic hydroxyl groups excluding tert-OH is 1. The standard InChI is InChI=1S/C16H27NO2/c1-12(11-15(18)16-9-6-10-19-16)17-13(2)14-7-4-3-5-8-14/h6,9-10,12-15,17-18H,3-5,7-8,11H2,1-2H3. The lowest BCUT2D eigenvalue weighted by Crippen LogP contribution is -2.40. The van der Waals surface area contributed by atoms with Gasteiger partial charge in [-0.1, -0.05) is 19.3 Å². The third-order valence-electron chi connectivity index (χ3n) is 4.35. The first-order valence-corrected chi connectivity index (χ1v) is 7.64. The van der Waals surface area contributed by atoms with E-state index < -0.39 is 6.10 Å². The molecule has 0 aromatic carbocycles.